The van der Waals surface area contributed by atoms with Crippen molar-refractivity contribution in [1.29, 1.82) is 0 Å². The summed E-state index contributed by atoms with van der Waals surface area (Å²) in [6.07, 6.45) is 8.18. The first-order valence-electron chi connectivity index (χ1n) is 10.6. The lowest BCUT2D eigenvalue weighted by atomic mass is 10.1. The monoisotopic (exact) mass is 426 g/mol. The van der Waals surface area contributed by atoms with Gasteiger partial charge in [-0.15, -0.1) is 0 Å². The van der Waals surface area contributed by atoms with Crippen molar-refractivity contribution in [3.05, 3.63) is 54.1 Å². The highest BCUT2D eigenvalue weighted by molar-refractivity contribution is 5.99. The molecule has 8 heteroatoms. The molecule has 2 aromatic carbocycles. The number of aliphatic imine (C=N–C) groups is 1. The summed E-state index contributed by atoms with van der Waals surface area (Å²) in [6.45, 7) is 1.48. The van der Waals surface area contributed by atoms with Crippen LogP contribution in [0.1, 0.15) is 44.1 Å². The topological polar surface area (TPSA) is 124 Å². The Bertz CT molecular complexity index is 823. The molecule has 6 N–H and O–H groups in total. The zero-order valence-corrected chi connectivity index (χ0v) is 18.2. The third-order valence-corrected chi connectivity index (χ3v) is 4.75. The van der Waals surface area contributed by atoms with Crippen LogP contribution < -0.4 is 26.9 Å². The molecule has 0 aliphatic rings. The van der Waals surface area contributed by atoms with E-state index >= 15 is 0 Å². The van der Waals surface area contributed by atoms with Gasteiger partial charge in [-0.05, 0) is 49.2 Å². The minimum absolute atomic E-state index is 0.444. The van der Waals surface area contributed by atoms with Crippen molar-refractivity contribution in [3.8, 4) is 11.5 Å². The van der Waals surface area contributed by atoms with E-state index in [9.17, 15) is 0 Å². The molecular weight excluding hydrogens is 392 g/mol. The highest BCUT2D eigenvalue weighted by atomic mass is 16.5. The molecule has 0 unspecified atom stereocenters. The number of nitrogens with zero attached hydrogens (tertiary/aromatic N) is 3. The van der Waals surface area contributed by atoms with Crippen LogP contribution in [-0.4, -0.2) is 37.4 Å². The molecule has 0 amide bonds. The Morgan fingerprint density at radius 2 is 1.68 bits per heavy atom. The fourth-order valence-corrected chi connectivity index (χ4v) is 3.04. The number of unbranched alkanes of at least 4 members (excludes halogenated alkanes) is 5. The van der Waals surface area contributed by atoms with Gasteiger partial charge in [-0.1, -0.05) is 37.8 Å². The minimum atomic E-state index is 0.444. The number of hydrazine groups is 1. The average molecular weight is 427 g/mol. The summed E-state index contributed by atoms with van der Waals surface area (Å²) in [6, 6.07) is 15.2. The summed E-state index contributed by atoms with van der Waals surface area (Å²) in [7, 11) is 1.63. The van der Waals surface area contributed by atoms with Crippen molar-refractivity contribution in [2.75, 3.05) is 20.3 Å². The van der Waals surface area contributed by atoms with Gasteiger partial charge in [-0.25, -0.2) is 10.8 Å². The number of hydrazone groups is 1. The van der Waals surface area contributed by atoms with Crippen molar-refractivity contribution in [2.45, 2.75) is 38.5 Å². The van der Waals surface area contributed by atoms with E-state index in [1.807, 2.05) is 48.5 Å². The SMILES string of the molecule is COc1cccc(C(N)=Nc2ccc(OCCCCCCCCN(N)/C=N\N)cc2)c1. The number of amidine groups is 1. The summed E-state index contributed by atoms with van der Waals surface area (Å²) in [5.41, 5.74) is 7.72. The van der Waals surface area contributed by atoms with Gasteiger partial charge in [0, 0.05) is 12.1 Å². The van der Waals surface area contributed by atoms with Crippen molar-refractivity contribution in [1.82, 2.24) is 5.01 Å². The predicted molar refractivity (Wildman–Crippen MR) is 127 cm³/mol. The molecule has 2 aromatic rings. The molecule has 0 aliphatic heterocycles. The second-order valence-corrected chi connectivity index (χ2v) is 7.20. The average Bonchev–Trinajstić information content (AvgIpc) is 2.79. The van der Waals surface area contributed by atoms with Gasteiger partial charge in [-0.3, -0.25) is 5.01 Å². The molecule has 2 rings (SSSR count). The van der Waals surface area contributed by atoms with Gasteiger partial charge in [0.05, 0.1) is 19.4 Å². The van der Waals surface area contributed by atoms with Gasteiger partial charge in [0.2, 0.25) is 0 Å². The molecule has 0 saturated carbocycles. The molecule has 168 valence electrons. The van der Waals surface area contributed by atoms with E-state index in [0.717, 1.165) is 55.0 Å². The molecule has 0 bridgehead atoms. The number of nitrogens with two attached hydrogens (primary N) is 3. The lowest BCUT2D eigenvalue weighted by molar-refractivity contribution is 0.304. The van der Waals surface area contributed by atoms with Gasteiger partial charge in [0.25, 0.3) is 0 Å². The van der Waals surface area contributed by atoms with Crippen LogP contribution in [0.15, 0.2) is 58.6 Å². The van der Waals surface area contributed by atoms with Crippen LogP contribution in [0.5, 0.6) is 11.5 Å². The first-order chi connectivity index (χ1) is 15.1. The van der Waals surface area contributed by atoms with Crippen molar-refractivity contribution < 1.29 is 9.47 Å². The first kappa shape index (κ1) is 24.0. The van der Waals surface area contributed by atoms with Gasteiger partial charge in [0.1, 0.15) is 23.7 Å². The largest absolute Gasteiger partial charge is 0.497 e. The second-order valence-electron chi connectivity index (χ2n) is 7.20. The number of hydrogen-bond acceptors (Lipinski definition) is 6. The summed E-state index contributed by atoms with van der Waals surface area (Å²) in [5, 5.41) is 4.90. The Hall–Kier alpha value is -3.26. The maximum absolute atomic E-state index is 6.12. The van der Waals surface area contributed by atoms with Gasteiger partial charge < -0.3 is 21.1 Å². The number of benzene rings is 2. The van der Waals surface area contributed by atoms with Gasteiger partial charge in [0.15, 0.2) is 0 Å². The smallest absolute Gasteiger partial charge is 0.131 e. The molecule has 0 heterocycles. The molecule has 0 radical (unpaired) electrons. The lowest BCUT2D eigenvalue weighted by Crippen LogP contribution is -2.30. The minimum Gasteiger partial charge on any atom is -0.497 e. The van der Waals surface area contributed by atoms with Crippen molar-refractivity contribution in [2.24, 2.45) is 27.5 Å². The van der Waals surface area contributed by atoms with Gasteiger partial charge >= 0.3 is 0 Å². The van der Waals surface area contributed by atoms with Crippen LogP contribution >= 0.6 is 0 Å². The van der Waals surface area contributed by atoms with Crippen molar-refractivity contribution >= 4 is 17.9 Å². The van der Waals surface area contributed by atoms with Gasteiger partial charge in [-0.2, -0.15) is 5.10 Å². The molecule has 0 saturated heterocycles. The highest BCUT2D eigenvalue weighted by Crippen LogP contribution is 2.20. The van der Waals surface area contributed by atoms with E-state index in [0.29, 0.717) is 12.4 Å². The Kier molecular flexibility index (Phi) is 10.7. The summed E-state index contributed by atoms with van der Waals surface area (Å²) >= 11 is 0. The Balaban J connectivity index is 1.64. The molecule has 31 heavy (non-hydrogen) atoms. The Labute approximate surface area is 184 Å². The quantitative estimate of drug-likeness (QED) is 0.140. The maximum atomic E-state index is 6.12. The standard InChI is InChI=1S/C23H34N6O2/c1-30-22-10-8-9-19(17-22)23(24)28-20-11-13-21(14-12-20)31-16-7-5-3-2-4-6-15-29(26)18-27-25/h8-14,17-18H,2-7,15-16,25-26H2,1H3,(H2,24,28)/b27-18-. The zero-order chi connectivity index (χ0) is 22.3. The Morgan fingerprint density at radius 3 is 2.39 bits per heavy atom. The fraction of sp³-hybridized carbons (Fsp3) is 0.391. The van der Waals surface area contributed by atoms with Crippen molar-refractivity contribution in [3.63, 3.8) is 0 Å². The zero-order valence-electron chi connectivity index (χ0n) is 18.2. The van der Waals surface area contributed by atoms with Crippen LogP contribution in [0.25, 0.3) is 0 Å². The lowest BCUT2D eigenvalue weighted by Gasteiger charge is -2.11. The van der Waals surface area contributed by atoms with E-state index in [4.69, 9.17) is 26.9 Å². The number of ether oxygens (including phenoxy) is 2. The third-order valence-electron chi connectivity index (χ3n) is 4.75. The van der Waals surface area contributed by atoms with Crippen LogP contribution in [0.3, 0.4) is 0 Å². The number of hydrogen-bond donors (Lipinski definition) is 3. The van der Waals surface area contributed by atoms with Crippen LogP contribution in [0, 0.1) is 0 Å². The van der Waals surface area contributed by atoms with Crippen LogP contribution in [-0.2, 0) is 0 Å². The molecule has 0 atom stereocenters. The van der Waals surface area contributed by atoms with E-state index in [1.165, 1.54) is 24.2 Å². The van der Waals surface area contributed by atoms with E-state index in [2.05, 4.69) is 10.1 Å². The molecular formula is C23H34N6O2. The second kappa shape index (κ2) is 13.9. The molecule has 0 spiro atoms. The normalized spacial score (nSPS) is 11.6. The number of methoxy groups -OCH3 is 1. The first-order valence-corrected chi connectivity index (χ1v) is 10.6. The third kappa shape index (κ3) is 9.39. The van der Waals surface area contributed by atoms with E-state index < -0.39 is 0 Å². The number of rotatable bonds is 14. The molecule has 0 aromatic heterocycles. The summed E-state index contributed by atoms with van der Waals surface area (Å²) in [4.78, 5) is 4.47. The van der Waals surface area contributed by atoms with Crippen LogP contribution in [0.4, 0.5) is 5.69 Å². The molecule has 0 fully saturated rings. The maximum Gasteiger partial charge on any atom is 0.131 e. The summed E-state index contributed by atoms with van der Waals surface area (Å²) in [5.74, 6) is 12.7. The summed E-state index contributed by atoms with van der Waals surface area (Å²) < 4.78 is 11.0. The fourth-order valence-electron chi connectivity index (χ4n) is 3.04. The molecule has 8 nitrogen and oxygen atoms in total. The Morgan fingerprint density at radius 1 is 0.968 bits per heavy atom. The highest BCUT2D eigenvalue weighted by Gasteiger charge is 2.02. The van der Waals surface area contributed by atoms with Crippen LogP contribution in [0.2, 0.25) is 0 Å². The van der Waals surface area contributed by atoms with E-state index in [-0.39, 0.29) is 0 Å². The molecule has 0 aliphatic carbocycles. The predicted octanol–water partition coefficient (Wildman–Crippen LogP) is 3.53. The van der Waals surface area contributed by atoms with E-state index in [1.54, 1.807) is 7.11 Å².